The van der Waals surface area contributed by atoms with E-state index in [4.69, 9.17) is 4.74 Å². The summed E-state index contributed by atoms with van der Waals surface area (Å²) in [5.74, 6) is 0.129. The summed E-state index contributed by atoms with van der Waals surface area (Å²) in [6.07, 6.45) is 5.63. The van der Waals surface area contributed by atoms with Crippen LogP contribution in [-0.4, -0.2) is 21.4 Å². The molecule has 0 amide bonds. The Morgan fingerprint density at radius 2 is 1.89 bits per heavy atom. The molecule has 1 aromatic rings. The molecule has 4 nitrogen and oxygen atoms in total. The van der Waals surface area contributed by atoms with Gasteiger partial charge >= 0.3 is 0 Å². The second-order valence-electron chi connectivity index (χ2n) is 4.40. The van der Waals surface area contributed by atoms with Crippen LogP contribution in [0.25, 0.3) is 5.57 Å². The lowest BCUT2D eigenvalue weighted by molar-refractivity contribution is 0.200. The summed E-state index contributed by atoms with van der Waals surface area (Å²) in [5.41, 5.74) is 2.12. The molecule has 0 fully saturated rings. The molecule has 4 heteroatoms. The first-order valence-electron chi connectivity index (χ1n) is 5.82. The molecule has 0 saturated carbocycles. The first kappa shape index (κ1) is 11.5. The monoisotopic (exact) mass is 256 g/mol. The quantitative estimate of drug-likeness (QED) is 0.722. The Morgan fingerprint density at radius 3 is 2.68 bits per heavy atom. The maximum Gasteiger partial charge on any atom is 0.148 e. The van der Waals surface area contributed by atoms with Gasteiger partial charge in [-0.2, -0.15) is 0 Å². The molecule has 1 aromatic carbocycles. The number of aliphatic hydroxyl groups is 2. The van der Waals surface area contributed by atoms with E-state index in [9.17, 15) is 15.3 Å². The van der Waals surface area contributed by atoms with Crippen LogP contribution in [0.1, 0.15) is 5.56 Å². The minimum Gasteiger partial charge on any atom is -0.508 e. The summed E-state index contributed by atoms with van der Waals surface area (Å²) >= 11 is 0. The van der Waals surface area contributed by atoms with Crippen LogP contribution in [-0.2, 0) is 4.74 Å². The van der Waals surface area contributed by atoms with E-state index in [1.807, 2.05) is 6.07 Å². The number of ether oxygens (including phenoxy) is 1. The van der Waals surface area contributed by atoms with E-state index in [0.717, 1.165) is 11.1 Å². The van der Waals surface area contributed by atoms with Crippen molar-refractivity contribution >= 4 is 5.57 Å². The van der Waals surface area contributed by atoms with E-state index in [-0.39, 0.29) is 17.3 Å². The Kier molecular flexibility index (Phi) is 2.56. The normalized spacial score (nSPS) is 21.4. The lowest BCUT2D eigenvalue weighted by Gasteiger charge is -2.24. The molecule has 1 unspecified atom stereocenters. The Labute approximate surface area is 109 Å². The molecule has 2 aliphatic rings. The molecule has 0 aromatic heterocycles. The Balaban J connectivity index is 1.99. The zero-order valence-corrected chi connectivity index (χ0v) is 9.95. The van der Waals surface area contributed by atoms with Crippen LogP contribution >= 0.6 is 0 Å². The van der Waals surface area contributed by atoms with Crippen LogP contribution in [0.15, 0.2) is 65.8 Å². The summed E-state index contributed by atoms with van der Waals surface area (Å²) in [6.45, 7) is 0. The predicted molar refractivity (Wildman–Crippen MR) is 70.5 cm³/mol. The van der Waals surface area contributed by atoms with Crippen LogP contribution in [0.4, 0.5) is 0 Å². The van der Waals surface area contributed by atoms with Gasteiger partial charge in [0.2, 0.25) is 0 Å². The highest BCUT2D eigenvalue weighted by molar-refractivity contribution is 5.77. The van der Waals surface area contributed by atoms with Gasteiger partial charge in [0.25, 0.3) is 0 Å². The van der Waals surface area contributed by atoms with Gasteiger partial charge in [0, 0.05) is 23.3 Å². The summed E-state index contributed by atoms with van der Waals surface area (Å²) in [7, 11) is 0. The zero-order valence-electron chi connectivity index (χ0n) is 9.95. The molecular formula is C15H12O4. The van der Waals surface area contributed by atoms with Crippen LogP contribution in [0, 0.1) is 0 Å². The van der Waals surface area contributed by atoms with E-state index in [0.29, 0.717) is 5.57 Å². The van der Waals surface area contributed by atoms with Gasteiger partial charge in [0.15, 0.2) is 0 Å². The Bertz CT molecular complexity index is 650. The van der Waals surface area contributed by atoms with E-state index in [1.165, 1.54) is 12.2 Å². The minimum atomic E-state index is -0.481. The predicted octanol–water partition coefficient (Wildman–Crippen LogP) is 2.96. The number of phenolic OH excluding ortho intramolecular Hbond substituents is 1. The third-order valence-corrected chi connectivity index (χ3v) is 3.04. The van der Waals surface area contributed by atoms with Crippen molar-refractivity contribution in [3.8, 4) is 5.75 Å². The third kappa shape index (κ3) is 2.08. The van der Waals surface area contributed by atoms with Crippen molar-refractivity contribution in [3.63, 3.8) is 0 Å². The average Bonchev–Trinajstić information content (AvgIpc) is 2.38. The van der Waals surface area contributed by atoms with Gasteiger partial charge in [0.05, 0.1) is 6.26 Å². The van der Waals surface area contributed by atoms with Gasteiger partial charge in [-0.15, -0.1) is 0 Å². The molecule has 1 heterocycles. The standard InChI is InChI=1S/C15H12O4/c16-11-3-1-2-9(4-11)10-5-13-14(18)6-12(17)7-15(13)19-8-10/h1-8,15-18H. The summed E-state index contributed by atoms with van der Waals surface area (Å²) in [4.78, 5) is 0. The molecule has 1 atom stereocenters. The maximum atomic E-state index is 9.83. The van der Waals surface area contributed by atoms with Gasteiger partial charge in [0.1, 0.15) is 23.4 Å². The zero-order chi connectivity index (χ0) is 13.4. The molecule has 0 bridgehead atoms. The van der Waals surface area contributed by atoms with E-state index < -0.39 is 6.10 Å². The number of aromatic hydroxyl groups is 1. The number of hydrogen-bond acceptors (Lipinski definition) is 4. The van der Waals surface area contributed by atoms with Gasteiger partial charge in [-0.25, -0.2) is 0 Å². The molecular weight excluding hydrogens is 244 g/mol. The highest BCUT2D eigenvalue weighted by atomic mass is 16.5. The first-order chi connectivity index (χ1) is 9.13. The minimum absolute atomic E-state index is 0.0178. The third-order valence-electron chi connectivity index (χ3n) is 3.04. The van der Waals surface area contributed by atoms with Crippen molar-refractivity contribution in [1.29, 1.82) is 0 Å². The Morgan fingerprint density at radius 1 is 1.05 bits per heavy atom. The SMILES string of the molecule is OC1=CC2OC=C(c3cccc(O)c3)C=C2C(O)=C1. The first-order valence-corrected chi connectivity index (χ1v) is 5.82. The lowest BCUT2D eigenvalue weighted by Crippen LogP contribution is -2.19. The van der Waals surface area contributed by atoms with Crippen molar-refractivity contribution in [2.75, 3.05) is 0 Å². The van der Waals surface area contributed by atoms with Crippen molar-refractivity contribution in [3.05, 3.63) is 71.4 Å². The van der Waals surface area contributed by atoms with Gasteiger partial charge < -0.3 is 20.1 Å². The van der Waals surface area contributed by atoms with E-state index in [2.05, 4.69) is 0 Å². The molecule has 3 rings (SSSR count). The van der Waals surface area contributed by atoms with Gasteiger partial charge in [-0.1, -0.05) is 12.1 Å². The maximum absolute atomic E-state index is 9.83. The largest absolute Gasteiger partial charge is 0.508 e. The molecule has 1 aliphatic carbocycles. The molecule has 0 radical (unpaired) electrons. The van der Waals surface area contributed by atoms with Crippen molar-refractivity contribution < 1.29 is 20.1 Å². The van der Waals surface area contributed by atoms with Gasteiger partial charge in [-0.3, -0.25) is 0 Å². The fourth-order valence-electron chi connectivity index (χ4n) is 2.12. The van der Waals surface area contributed by atoms with E-state index >= 15 is 0 Å². The van der Waals surface area contributed by atoms with Gasteiger partial charge in [-0.05, 0) is 23.8 Å². The second-order valence-corrected chi connectivity index (χ2v) is 4.40. The highest BCUT2D eigenvalue weighted by Gasteiger charge is 2.25. The fraction of sp³-hybridized carbons (Fsp3) is 0.0667. The molecule has 0 saturated heterocycles. The highest BCUT2D eigenvalue weighted by Crippen LogP contribution is 2.32. The number of allylic oxidation sites excluding steroid dienone is 3. The number of rotatable bonds is 1. The number of aliphatic hydroxyl groups excluding tert-OH is 2. The molecule has 3 N–H and O–H groups in total. The lowest BCUT2D eigenvalue weighted by atomic mass is 9.95. The smallest absolute Gasteiger partial charge is 0.148 e. The van der Waals surface area contributed by atoms with Crippen LogP contribution in [0.3, 0.4) is 0 Å². The van der Waals surface area contributed by atoms with Crippen molar-refractivity contribution in [1.82, 2.24) is 0 Å². The van der Waals surface area contributed by atoms with Crippen LogP contribution < -0.4 is 0 Å². The number of phenols is 1. The molecule has 0 spiro atoms. The fourth-order valence-corrected chi connectivity index (χ4v) is 2.12. The van der Waals surface area contributed by atoms with E-state index in [1.54, 1.807) is 30.5 Å². The van der Waals surface area contributed by atoms with Crippen LogP contribution in [0.2, 0.25) is 0 Å². The molecule has 19 heavy (non-hydrogen) atoms. The van der Waals surface area contributed by atoms with Crippen molar-refractivity contribution in [2.45, 2.75) is 6.10 Å². The summed E-state index contributed by atoms with van der Waals surface area (Å²) in [6, 6.07) is 6.77. The molecule has 96 valence electrons. The van der Waals surface area contributed by atoms with Crippen LogP contribution in [0.5, 0.6) is 5.75 Å². The average molecular weight is 256 g/mol. The second kappa shape index (κ2) is 4.24. The number of hydrogen-bond donors (Lipinski definition) is 3. The number of fused-ring (bicyclic) bond motifs is 1. The molecule has 1 aliphatic heterocycles. The van der Waals surface area contributed by atoms with Crippen molar-refractivity contribution in [2.24, 2.45) is 0 Å². The number of benzene rings is 1. The summed E-state index contributed by atoms with van der Waals surface area (Å²) < 4.78 is 5.48. The Hall–Kier alpha value is -2.62. The topological polar surface area (TPSA) is 69.9 Å². The summed E-state index contributed by atoms with van der Waals surface area (Å²) in [5, 5.41) is 28.7.